The number of carbonyl (C=O) groups is 1. The van der Waals surface area contributed by atoms with E-state index in [-0.39, 0.29) is 29.6 Å². The minimum atomic E-state index is -3.73. The number of halogens is 1. The number of benzene rings is 3. The number of carbonyl (C=O) groups excluding carboxylic acids is 1. The zero-order chi connectivity index (χ0) is 29.5. The van der Waals surface area contributed by atoms with Gasteiger partial charge in [-0.2, -0.15) is 0 Å². The number of anilines is 1. The summed E-state index contributed by atoms with van der Waals surface area (Å²) in [6.45, 7) is 1.79. The summed E-state index contributed by atoms with van der Waals surface area (Å²) in [5.74, 6) is 0.694. The normalized spacial score (nSPS) is 18.0. The molecular formula is C29H29FN2O7S2. The Morgan fingerprint density at radius 2 is 1.76 bits per heavy atom. The number of hydrogen-bond acceptors (Lipinski definition) is 7. The molecule has 3 atom stereocenters. The largest absolute Gasteiger partial charge is 0.457 e. The molecule has 2 heterocycles. The molecule has 3 aromatic carbocycles. The lowest BCUT2D eigenvalue weighted by Gasteiger charge is -2.24. The molecule has 1 N–H and O–H groups in total. The number of fused-ring (bicyclic) bond motifs is 2. The number of ether oxygens (including phenoxy) is 2. The lowest BCUT2D eigenvalue weighted by Crippen LogP contribution is -2.38. The number of rotatable bonds is 7. The van der Waals surface area contributed by atoms with Gasteiger partial charge in [-0.05, 0) is 61.5 Å². The maximum atomic E-state index is 13.2. The molecule has 1 aliphatic heterocycles. The molecule has 1 aromatic heterocycles. The summed E-state index contributed by atoms with van der Waals surface area (Å²) in [5, 5.41) is 3.15. The van der Waals surface area contributed by atoms with Crippen LogP contribution in [0.15, 0.2) is 65.1 Å². The van der Waals surface area contributed by atoms with E-state index in [4.69, 9.17) is 13.9 Å². The Morgan fingerprint density at radius 3 is 2.34 bits per heavy atom. The smallest absolute Gasteiger partial charge is 0.255 e. The molecule has 1 amide bonds. The van der Waals surface area contributed by atoms with Crippen molar-refractivity contribution in [1.29, 1.82) is 0 Å². The average molecular weight is 601 g/mol. The molecular weight excluding hydrogens is 571 g/mol. The SMILES string of the molecule is CNC(=O)c1c(-c2ccc(Oc3ccc(F)cc3)cc2)oc2cc3c(cc12)[C@H](C)O[C@H](C[S@](C)=O)CN3S(C)(=O)=O. The van der Waals surface area contributed by atoms with Crippen molar-refractivity contribution in [3.63, 3.8) is 0 Å². The summed E-state index contributed by atoms with van der Waals surface area (Å²) in [7, 11) is -3.42. The Morgan fingerprint density at radius 1 is 1.12 bits per heavy atom. The molecule has 0 radical (unpaired) electrons. The molecule has 0 unspecified atom stereocenters. The van der Waals surface area contributed by atoms with Gasteiger partial charge in [-0.25, -0.2) is 12.8 Å². The van der Waals surface area contributed by atoms with E-state index >= 15 is 0 Å². The molecule has 41 heavy (non-hydrogen) atoms. The van der Waals surface area contributed by atoms with Gasteiger partial charge in [0.05, 0.1) is 42.0 Å². The summed E-state index contributed by atoms with van der Waals surface area (Å²) in [4.78, 5) is 13.1. The zero-order valence-corrected chi connectivity index (χ0v) is 24.5. The Kier molecular flexibility index (Phi) is 7.91. The number of sulfonamides is 1. The Bertz CT molecular complexity index is 1740. The lowest BCUT2D eigenvalue weighted by atomic mass is 10.0. The summed E-state index contributed by atoms with van der Waals surface area (Å²) in [5.41, 5.74) is 2.14. The molecule has 216 valence electrons. The number of hydrogen-bond donors (Lipinski definition) is 1. The van der Waals surface area contributed by atoms with Crippen molar-refractivity contribution in [3.8, 4) is 22.8 Å². The van der Waals surface area contributed by atoms with Crippen molar-refractivity contribution in [2.45, 2.75) is 19.1 Å². The second-order valence-corrected chi connectivity index (χ2v) is 13.2. The van der Waals surface area contributed by atoms with Crippen LogP contribution < -0.4 is 14.4 Å². The summed E-state index contributed by atoms with van der Waals surface area (Å²) in [6.07, 6.45) is 1.51. The van der Waals surface area contributed by atoms with Crippen molar-refractivity contribution in [2.24, 2.45) is 0 Å². The summed E-state index contributed by atoms with van der Waals surface area (Å²) < 4.78 is 70.3. The van der Waals surface area contributed by atoms with Crippen molar-refractivity contribution >= 4 is 43.4 Å². The van der Waals surface area contributed by atoms with Crippen LogP contribution >= 0.6 is 0 Å². The molecule has 0 aliphatic carbocycles. The van der Waals surface area contributed by atoms with E-state index in [1.54, 1.807) is 49.6 Å². The van der Waals surface area contributed by atoms with Crippen LogP contribution in [-0.2, 0) is 25.6 Å². The van der Waals surface area contributed by atoms with Crippen LogP contribution in [0.4, 0.5) is 10.1 Å². The van der Waals surface area contributed by atoms with E-state index in [0.29, 0.717) is 45.0 Å². The highest BCUT2D eigenvalue weighted by atomic mass is 32.2. The number of nitrogens with one attached hydrogen (secondary N) is 1. The van der Waals surface area contributed by atoms with E-state index in [9.17, 15) is 21.8 Å². The van der Waals surface area contributed by atoms with Gasteiger partial charge < -0.3 is 19.2 Å². The lowest BCUT2D eigenvalue weighted by molar-refractivity contribution is 0.0197. The quantitative estimate of drug-likeness (QED) is 0.318. The molecule has 5 rings (SSSR count). The third-order valence-electron chi connectivity index (χ3n) is 6.75. The Labute approximate surface area is 239 Å². The number of amides is 1. The van der Waals surface area contributed by atoms with Crippen LogP contribution in [0.2, 0.25) is 0 Å². The zero-order valence-electron chi connectivity index (χ0n) is 22.8. The van der Waals surface area contributed by atoms with Crippen LogP contribution in [-0.4, -0.2) is 56.5 Å². The summed E-state index contributed by atoms with van der Waals surface area (Å²) in [6, 6.07) is 15.8. The molecule has 4 aromatic rings. The van der Waals surface area contributed by atoms with Crippen LogP contribution in [0.5, 0.6) is 11.5 Å². The van der Waals surface area contributed by atoms with Gasteiger partial charge >= 0.3 is 0 Å². The first-order valence-corrected chi connectivity index (χ1v) is 16.3. The molecule has 0 saturated carbocycles. The fourth-order valence-electron chi connectivity index (χ4n) is 4.91. The molecule has 0 saturated heterocycles. The second kappa shape index (κ2) is 11.3. The van der Waals surface area contributed by atoms with Crippen LogP contribution in [0, 0.1) is 5.82 Å². The van der Waals surface area contributed by atoms with Gasteiger partial charge in [-0.3, -0.25) is 13.3 Å². The standard InChI is InChI=1S/C29H29FN2O7S2/c1-17-23-13-24-26(14-25(23)32(41(4,35)36)15-22(37-17)16-40(3)34)39-28(27(24)29(33)31-2)18-5-9-20(10-6-18)38-21-11-7-19(30)8-12-21/h5-14,17,22H,15-16H2,1-4H3,(H,31,33)/t17-,22-,40-/m0/s1. The number of furan rings is 1. The van der Waals surface area contributed by atoms with Gasteiger partial charge in [0.1, 0.15) is 28.7 Å². The van der Waals surface area contributed by atoms with Gasteiger partial charge in [0.2, 0.25) is 10.0 Å². The molecule has 12 heteroatoms. The van der Waals surface area contributed by atoms with Gasteiger partial charge in [0.15, 0.2) is 0 Å². The predicted octanol–water partition coefficient (Wildman–Crippen LogP) is 5.00. The first-order chi connectivity index (χ1) is 19.4. The molecule has 0 bridgehead atoms. The highest BCUT2D eigenvalue weighted by Crippen LogP contribution is 2.42. The van der Waals surface area contributed by atoms with E-state index in [1.165, 1.54) is 35.6 Å². The maximum absolute atomic E-state index is 13.2. The maximum Gasteiger partial charge on any atom is 0.255 e. The van der Waals surface area contributed by atoms with Crippen molar-refractivity contribution in [1.82, 2.24) is 5.32 Å². The highest BCUT2D eigenvalue weighted by molar-refractivity contribution is 7.92. The minimum Gasteiger partial charge on any atom is -0.457 e. The van der Waals surface area contributed by atoms with Crippen LogP contribution in [0.3, 0.4) is 0 Å². The Hall–Kier alpha value is -3.74. The first kappa shape index (κ1) is 28.8. The monoisotopic (exact) mass is 600 g/mol. The molecule has 9 nitrogen and oxygen atoms in total. The fraction of sp³-hybridized carbons (Fsp3) is 0.276. The second-order valence-electron chi connectivity index (χ2n) is 9.81. The van der Waals surface area contributed by atoms with Crippen molar-refractivity contribution < 1.29 is 35.7 Å². The minimum absolute atomic E-state index is 0.00730. The van der Waals surface area contributed by atoms with Gasteiger partial charge in [-0.1, -0.05) is 0 Å². The summed E-state index contributed by atoms with van der Waals surface area (Å²) >= 11 is 0. The van der Waals surface area contributed by atoms with Crippen LogP contribution in [0.25, 0.3) is 22.3 Å². The van der Waals surface area contributed by atoms with E-state index < -0.39 is 33.0 Å². The van der Waals surface area contributed by atoms with Gasteiger partial charge in [-0.15, -0.1) is 0 Å². The average Bonchev–Trinajstić information content (AvgIpc) is 3.23. The van der Waals surface area contributed by atoms with E-state index in [2.05, 4.69) is 5.32 Å². The first-order valence-electron chi connectivity index (χ1n) is 12.7. The van der Waals surface area contributed by atoms with Crippen molar-refractivity contribution in [3.05, 3.63) is 77.6 Å². The van der Waals surface area contributed by atoms with Gasteiger partial charge in [0.25, 0.3) is 5.91 Å². The number of nitrogens with zero attached hydrogens (tertiary/aromatic N) is 1. The predicted molar refractivity (Wildman–Crippen MR) is 156 cm³/mol. The van der Waals surface area contributed by atoms with Crippen LogP contribution in [0.1, 0.15) is 28.9 Å². The van der Waals surface area contributed by atoms with Gasteiger partial charge in [0, 0.05) is 46.7 Å². The van der Waals surface area contributed by atoms with Crippen molar-refractivity contribution in [2.75, 3.05) is 36.2 Å². The topological polar surface area (TPSA) is 115 Å². The van der Waals surface area contributed by atoms with E-state index in [1.807, 2.05) is 0 Å². The highest BCUT2D eigenvalue weighted by Gasteiger charge is 2.34. The molecule has 1 aliphatic rings. The fourth-order valence-corrected chi connectivity index (χ4v) is 6.57. The van der Waals surface area contributed by atoms with E-state index in [0.717, 1.165) is 6.26 Å². The Balaban J connectivity index is 1.60. The molecule has 0 fully saturated rings. The third-order valence-corrected chi connectivity index (χ3v) is 8.74. The third kappa shape index (κ3) is 5.99. The molecule has 0 spiro atoms.